The average molecular weight is 447 g/mol. The molecule has 0 aliphatic carbocycles. The van der Waals surface area contributed by atoms with Crippen LogP contribution in [0.1, 0.15) is 86.5 Å². The first-order valence-electron chi connectivity index (χ1n) is 10.5. The van der Waals surface area contributed by atoms with Gasteiger partial charge in [-0.3, -0.25) is 0 Å². The molecule has 0 saturated carbocycles. The third-order valence-electron chi connectivity index (χ3n) is 4.83. The first-order valence-corrected chi connectivity index (χ1v) is 18.2. The Balaban J connectivity index is 5.16. The van der Waals surface area contributed by atoms with E-state index < -0.39 is 18.4 Å². The van der Waals surface area contributed by atoms with Gasteiger partial charge in [-0.2, -0.15) is 0 Å². The van der Waals surface area contributed by atoms with E-state index in [1.165, 1.54) is 57.4 Å². The maximum absolute atomic E-state index is 5.77. The molecule has 0 saturated heterocycles. The van der Waals surface area contributed by atoms with Gasteiger partial charge in [0.05, 0.1) is 0 Å². The van der Waals surface area contributed by atoms with Crippen molar-refractivity contribution in [2.45, 2.75) is 106 Å². The molecule has 0 bridgehead atoms. The standard InChI is InChI=1S/C9H17O2.3C4H9.Sn/c1-5-10-9(11-6-2)7-8(3)4;3*1-3-4-2;/h3,9H,5-7H2,1-2,4H3;3*1,3-4H2,2H3;. The Morgan fingerprint density at radius 1 is 0.792 bits per heavy atom. The van der Waals surface area contributed by atoms with Crippen LogP contribution in [-0.2, 0) is 9.47 Å². The summed E-state index contributed by atoms with van der Waals surface area (Å²) < 4.78 is 19.0. The van der Waals surface area contributed by atoms with Crippen LogP contribution in [-0.4, -0.2) is 37.9 Å². The topological polar surface area (TPSA) is 18.5 Å². The fraction of sp³-hybridized carbons (Fsp3) is 0.905. The minimum absolute atomic E-state index is 0.0521. The molecule has 0 aromatic heterocycles. The molecule has 0 spiro atoms. The third kappa shape index (κ3) is 11.1. The number of rotatable bonds is 16. The van der Waals surface area contributed by atoms with E-state index in [0.717, 1.165) is 19.6 Å². The zero-order valence-electron chi connectivity index (χ0n) is 17.5. The van der Waals surface area contributed by atoms with Crippen molar-refractivity contribution in [1.82, 2.24) is 0 Å². The van der Waals surface area contributed by atoms with Crippen LogP contribution in [0.25, 0.3) is 0 Å². The zero-order chi connectivity index (χ0) is 18.3. The van der Waals surface area contributed by atoms with Crippen LogP contribution in [0.3, 0.4) is 0 Å². The molecule has 0 aliphatic heterocycles. The summed E-state index contributed by atoms with van der Waals surface area (Å²) in [5.41, 5.74) is 1.53. The van der Waals surface area contributed by atoms with E-state index in [0.29, 0.717) is 0 Å². The van der Waals surface area contributed by atoms with E-state index >= 15 is 0 Å². The van der Waals surface area contributed by atoms with E-state index in [1.54, 1.807) is 0 Å². The minimum atomic E-state index is -2.17. The number of hydrogen-bond donors (Lipinski definition) is 0. The van der Waals surface area contributed by atoms with Gasteiger partial charge in [0.2, 0.25) is 0 Å². The fourth-order valence-corrected chi connectivity index (χ4v) is 19.3. The molecule has 0 fully saturated rings. The fourth-order valence-electron chi connectivity index (χ4n) is 3.56. The second kappa shape index (κ2) is 15.7. The Morgan fingerprint density at radius 2 is 1.21 bits per heavy atom. The molecule has 0 atom stereocenters. The Labute approximate surface area is 156 Å². The second-order valence-corrected chi connectivity index (χ2v) is 20.1. The summed E-state index contributed by atoms with van der Waals surface area (Å²) in [6, 6.07) is 0. The maximum atomic E-state index is 5.77. The predicted octanol–water partition coefficient (Wildman–Crippen LogP) is 7.11. The van der Waals surface area contributed by atoms with E-state index in [1.807, 2.05) is 0 Å². The molecule has 0 N–H and O–H groups in total. The van der Waals surface area contributed by atoms with Crippen molar-refractivity contribution in [3.05, 3.63) is 9.67 Å². The van der Waals surface area contributed by atoms with Crippen molar-refractivity contribution < 1.29 is 9.47 Å². The summed E-state index contributed by atoms with van der Waals surface area (Å²) in [5, 5.41) is 0. The molecular weight excluding hydrogens is 403 g/mol. The van der Waals surface area contributed by atoms with Crippen molar-refractivity contribution in [3.63, 3.8) is 0 Å². The second-order valence-electron chi connectivity index (χ2n) is 7.21. The van der Waals surface area contributed by atoms with Crippen molar-refractivity contribution >= 4 is 18.4 Å². The van der Waals surface area contributed by atoms with Gasteiger partial charge in [0.15, 0.2) is 0 Å². The van der Waals surface area contributed by atoms with E-state index in [2.05, 4.69) is 45.6 Å². The molecule has 24 heavy (non-hydrogen) atoms. The van der Waals surface area contributed by atoms with Crippen LogP contribution in [0.2, 0.25) is 13.3 Å². The first-order chi connectivity index (χ1) is 11.6. The van der Waals surface area contributed by atoms with Crippen LogP contribution in [0.15, 0.2) is 9.67 Å². The van der Waals surface area contributed by atoms with E-state index in [9.17, 15) is 0 Å². The third-order valence-corrected chi connectivity index (χ3v) is 19.5. The molecule has 0 unspecified atom stereocenters. The number of unbranched alkanes of at least 4 members (excludes halogenated alkanes) is 3. The number of ether oxygens (including phenoxy) is 2. The molecule has 0 rings (SSSR count). The Bertz CT molecular complexity index is 287. The molecule has 0 aromatic carbocycles. The van der Waals surface area contributed by atoms with Gasteiger partial charge in [0.1, 0.15) is 0 Å². The molecule has 0 aromatic rings. The molecule has 3 heteroatoms. The van der Waals surface area contributed by atoms with E-state index in [4.69, 9.17) is 9.47 Å². The number of hydrogen-bond acceptors (Lipinski definition) is 2. The van der Waals surface area contributed by atoms with Gasteiger partial charge in [0.25, 0.3) is 0 Å². The molecule has 0 aliphatic rings. The first kappa shape index (κ1) is 24.5. The van der Waals surface area contributed by atoms with Crippen LogP contribution in [0.5, 0.6) is 0 Å². The zero-order valence-corrected chi connectivity index (χ0v) is 20.3. The Hall–Kier alpha value is 0.459. The van der Waals surface area contributed by atoms with Gasteiger partial charge in [-0.25, -0.2) is 0 Å². The van der Waals surface area contributed by atoms with Crippen molar-refractivity contribution in [2.75, 3.05) is 13.2 Å². The Kier molecular flexibility index (Phi) is 16.0. The van der Waals surface area contributed by atoms with Gasteiger partial charge < -0.3 is 0 Å². The monoisotopic (exact) mass is 448 g/mol. The normalized spacial score (nSPS) is 13.0. The van der Waals surface area contributed by atoms with Crippen LogP contribution < -0.4 is 0 Å². The summed E-state index contributed by atoms with van der Waals surface area (Å²) in [5.74, 6) is 0. The molecule has 0 amide bonds. The van der Waals surface area contributed by atoms with Crippen molar-refractivity contribution in [3.8, 4) is 0 Å². The van der Waals surface area contributed by atoms with Crippen molar-refractivity contribution in [2.24, 2.45) is 0 Å². The summed E-state index contributed by atoms with van der Waals surface area (Å²) >= 11 is -2.17. The van der Waals surface area contributed by atoms with Gasteiger partial charge in [-0.1, -0.05) is 0 Å². The van der Waals surface area contributed by atoms with E-state index in [-0.39, 0.29) is 6.29 Å². The summed E-state index contributed by atoms with van der Waals surface area (Å²) in [7, 11) is 0. The molecule has 144 valence electrons. The SMILES string of the molecule is CCC[CH2][Sn](/[CH]=C(\C)CC(OCC)OCC)([CH2]CCC)[CH2]CCC. The molecule has 0 heterocycles. The predicted molar refractivity (Wildman–Crippen MR) is 110 cm³/mol. The Morgan fingerprint density at radius 3 is 1.54 bits per heavy atom. The molecule has 2 nitrogen and oxygen atoms in total. The van der Waals surface area contributed by atoms with Crippen LogP contribution >= 0.6 is 0 Å². The summed E-state index contributed by atoms with van der Waals surface area (Å²) in [4.78, 5) is 0. The summed E-state index contributed by atoms with van der Waals surface area (Å²) in [6.45, 7) is 14.9. The quantitative estimate of drug-likeness (QED) is 0.185. The summed E-state index contributed by atoms with van der Waals surface area (Å²) in [6.07, 6.45) is 9.18. The van der Waals surface area contributed by atoms with Gasteiger partial charge in [-0.05, 0) is 0 Å². The van der Waals surface area contributed by atoms with Crippen LogP contribution in [0.4, 0.5) is 0 Å². The van der Waals surface area contributed by atoms with Crippen molar-refractivity contribution in [1.29, 1.82) is 0 Å². The molecule has 0 radical (unpaired) electrons. The van der Waals surface area contributed by atoms with Gasteiger partial charge in [0, 0.05) is 0 Å². The van der Waals surface area contributed by atoms with Gasteiger partial charge in [-0.15, -0.1) is 0 Å². The van der Waals surface area contributed by atoms with Gasteiger partial charge >= 0.3 is 157 Å². The molecular formula is C21H44O2Sn. The average Bonchev–Trinajstić information content (AvgIpc) is 2.56. The van der Waals surface area contributed by atoms with Crippen LogP contribution in [0, 0.1) is 0 Å².